The van der Waals surface area contributed by atoms with Crippen LogP contribution in [0.1, 0.15) is 29.8 Å². The summed E-state index contributed by atoms with van der Waals surface area (Å²) in [5, 5.41) is 15.5. The number of anilines is 2. The van der Waals surface area contributed by atoms with Crippen molar-refractivity contribution in [2.45, 2.75) is 32.5 Å². The van der Waals surface area contributed by atoms with Gasteiger partial charge in [-0.1, -0.05) is 19.1 Å². The minimum absolute atomic E-state index is 0.0188. The maximum absolute atomic E-state index is 13.8. The Morgan fingerprint density at radius 1 is 1.05 bits per heavy atom. The van der Waals surface area contributed by atoms with Crippen LogP contribution in [0.25, 0.3) is 0 Å². The first-order chi connectivity index (χ1) is 20.7. The van der Waals surface area contributed by atoms with Gasteiger partial charge in [-0.25, -0.2) is 4.79 Å². The zero-order valence-corrected chi connectivity index (χ0v) is 24.8. The number of hydrogen-bond acceptors (Lipinski definition) is 8. The van der Waals surface area contributed by atoms with Crippen molar-refractivity contribution in [1.29, 1.82) is 0 Å². The predicted molar refractivity (Wildman–Crippen MR) is 162 cm³/mol. The highest BCUT2D eigenvalue weighted by Gasteiger charge is 2.33. The fourth-order valence-corrected chi connectivity index (χ4v) is 5.20. The molecule has 0 saturated heterocycles. The van der Waals surface area contributed by atoms with Gasteiger partial charge in [0.2, 0.25) is 6.79 Å². The number of carbonyl (C=O) groups excluding carboxylic acids is 2. The van der Waals surface area contributed by atoms with Gasteiger partial charge in [0.1, 0.15) is 17.6 Å². The van der Waals surface area contributed by atoms with Gasteiger partial charge in [-0.15, -0.1) is 0 Å². The number of benzene rings is 3. The highest BCUT2D eigenvalue weighted by atomic mass is 16.7. The minimum Gasteiger partial charge on any atom is -0.497 e. The number of aliphatic hydroxyl groups excluding tert-OH is 1. The van der Waals surface area contributed by atoms with Crippen LogP contribution in [0.4, 0.5) is 16.2 Å². The summed E-state index contributed by atoms with van der Waals surface area (Å²) in [5.74, 6) is 2.12. The lowest BCUT2D eigenvalue weighted by Gasteiger charge is -2.38. The van der Waals surface area contributed by atoms with Gasteiger partial charge >= 0.3 is 6.03 Å². The minimum atomic E-state index is -0.481. The normalized spacial score (nSPS) is 18.3. The van der Waals surface area contributed by atoms with E-state index in [9.17, 15) is 14.7 Å². The maximum Gasteiger partial charge on any atom is 0.323 e. The van der Waals surface area contributed by atoms with Gasteiger partial charge in [0.05, 0.1) is 25.3 Å². The number of rotatable bonds is 9. The van der Waals surface area contributed by atoms with E-state index in [-0.39, 0.29) is 31.3 Å². The third kappa shape index (κ3) is 7.12. The highest BCUT2D eigenvalue weighted by molar-refractivity contribution is 6.02. The fraction of sp³-hybridized carbons (Fsp3) is 0.375. The van der Waals surface area contributed by atoms with E-state index in [4.69, 9.17) is 18.9 Å². The average Bonchev–Trinajstić information content (AvgIpc) is 3.47. The van der Waals surface area contributed by atoms with E-state index in [1.807, 2.05) is 38.2 Å². The number of urea groups is 1. The van der Waals surface area contributed by atoms with Crippen LogP contribution in [0.2, 0.25) is 0 Å². The first-order valence-electron chi connectivity index (χ1n) is 14.3. The number of hydrogen-bond donors (Lipinski definition) is 3. The predicted octanol–water partition coefficient (Wildman–Crippen LogP) is 4.42. The van der Waals surface area contributed by atoms with Crippen LogP contribution < -0.4 is 29.6 Å². The van der Waals surface area contributed by atoms with Crippen LogP contribution in [0, 0.1) is 5.92 Å². The first-order valence-corrected chi connectivity index (χ1v) is 14.3. The summed E-state index contributed by atoms with van der Waals surface area (Å²) in [4.78, 5) is 30.4. The number of ether oxygens (including phenoxy) is 4. The maximum atomic E-state index is 13.8. The summed E-state index contributed by atoms with van der Waals surface area (Å²) in [6.07, 6.45) is -0.239. The van der Waals surface area contributed by atoms with E-state index in [0.29, 0.717) is 53.8 Å². The van der Waals surface area contributed by atoms with Crippen LogP contribution in [-0.2, 0) is 6.54 Å². The Morgan fingerprint density at radius 3 is 2.42 bits per heavy atom. The molecule has 3 aromatic rings. The van der Waals surface area contributed by atoms with Crippen molar-refractivity contribution >= 4 is 23.3 Å². The lowest BCUT2D eigenvalue weighted by molar-refractivity contribution is 0.0341. The number of likely N-dealkylation sites (N-methyl/N-ethyl adjacent to an activating group) is 1. The highest BCUT2D eigenvalue weighted by Crippen LogP contribution is 2.34. The molecule has 3 aromatic carbocycles. The smallest absolute Gasteiger partial charge is 0.323 e. The summed E-state index contributed by atoms with van der Waals surface area (Å²) in [7, 11) is 3.68. The number of nitrogens with zero attached hydrogens (tertiary/aromatic N) is 2. The van der Waals surface area contributed by atoms with Crippen molar-refractivity contribution in [3.8, 4) is 23.0 Å². The van der Waals surface area contributed by atoms with Crippen LogP contribution in [0.5, 0.6) is 23.0 Å². The van der Waals surface area contributed by atoms with Gasteiger partial charge in [-0.2, -0.15) is 0 Å². The molecule has 5 rings (SSSR count). The van der Waals surface area contributed by atoms with Crippen molar-refractivity contribution in [3.05, 3.63) is 71.8 Å². The number of carbonyl (C=O) groups is 2. The molecule has 0 aliphatic carbocycles. The van der Waals surface area contributed by atoms with Gasteiger partial charge in [-0.3, -0.25) is 9.69 Å². The van der Waals surface area contributed by atoms with Gasteiger partial charge in [0, 0.05) is 43.0 Å². The second kappa shape index (κ2) is 13.2. The lowest BCUT2D eigenvalue weighted by atomic mass is 9.99. The third-order valence-corrected chi connectivity index (χ3v) is 7.66. The molecule has 0 saturated carbocycles. The molecule has 11 heteroatoms. The van der Waals surface area contributed by atoms with Crippen molar-refractivity contribution in [3.63, 3.8) is 0 Å². The van der Waals surface area contributed by atoms with E-state index >= 15 is 0 Å². The Labute approximate surface area is 251 Å². The zero-order chi connectivity index (χ0) is 30.5. The topological polar surface area (TPSA) is 122 Å². The van der Waals surface area contributed by atoms with E-state index in [1.165, 1.54) is 0 Å². The molecule has 0 aromatic heterocycles. The van der Waals surface area contributed by atoms with Gasteiger partial charge in [-0.05, 0) is 62.0 Å². The molecule has 0 fully saturated rings. The van der Waals surface area contributed by atoms with Gasteiger partial charge in [0.15, 0.2) is 11.5 Å². The van der Waals surface area contributed by atoms with Crippen molar-refractivity contribution in [2.75, 3.05) is 51.3 Å². The molecule has 11 nitrogen and oxygen atoms in total. The van der Waals surface area contributed by atoms with Crippen molar-refractivity contribution < 1.29 is 33.6 Å². The monoisotopic (exact) mass is 590 g/mol. The lowest BCUT2D eigenvalue weighted by Crippen LogP contribution is -2.49. The Kier molecular flexibility index (Phi) is 9.22. The van der Waals surface area contributed by atoms with Gasteiger partial charge < -0.3 is 39.6 Å². The molecule has 3 N–H and O–H groups in total. The Bertz CT molecular complexity index is 1450. The number of aliphatic hydroxyl groups is 1. The summed E-state index contributed by atoms with van der Waals surface area (Å²) < 4.78 is 22.5. The fourth-order valence-electron chi connectivity index (χ4n) is 5.20. The zero-order valence-electron chi connectivity index (χ0n) is 24.8. The second-order valence-electron chi connectivity index (χ2n) is 11.0. The molecule has 0 spiro atoms. The Balaban J connectivity index is 1.33. The van der Waals surface area contributed by atoms with E-state index in [0.717, 1.165) is 11.3 Å². The van der Waals surface area contributed by atoms with Crippen LogP contribution in [-0.4, -0.2) is 79.6 Å². The van der Waals surface area contributed by atoms with Crippen molar-refractivity contribution in [2.24, 2.45) is 5.92 Å². The van der Waals surface area contributed by atoms with E-state index < -0.39 is 12.1 Å². The molecule has 0 radical (unpaired) electrons. The molecule has 3 amide bonds. The molecule has 2 heterocycles. The molecule has 0 unspecified atom stereocenters. The molecule has 2 aliphatic rings. The van der Waals surface area contributed by atoms with Crippen molar-refractivity contribution in [1.82, 2.24) is 9.80 Å². The number of fused-ring (bicyclic) bond motifs is 2. The van der Waals surface area contributed by atoms with Crippen LogP contribution >= 0.6 is 0 Å². The molecule has 0 bridgehead atoms. The number of amides is 3. The number of methoxy groups -OCH3 is 1. The Morgan fingerprint density at radius 2 is 1.72 bits per heavy atom. The molecule has 2 aliphatic heterocycles. The van der Waals surface area contributed by atoms with Crippen LogP contribution in [0.3, 0.4) is 0 Å². The summed E-state index contributed by atoms with van der Waals surface area (Å²) in [6, 6.07) is 17.2. The third-order valence-electron chi connectivity index (χ3n) is 7.66. The quantitative estimate of drug-likeness (QED) is 0.335. The molecule has 3 atom stereocenters. The molecular weight excluding hydrogens is 552 g/mol. The molecular formula is C32H38N4O7. The molecule has 228 valence electrons. The summed E-state index contributed by atoms with van der Waals surface area (Å²) in [6.45, 7) is 5.56. The van der Waals surface area contributed by atoms with E-state index in [2.05, 4.69) is 22.5 Å². The standard InChI is InChI=1S/C32H38N4O7/c1-20-15-36(21(2)18-37)31(38)26-13-23(33-32(39)34-24-8-12-28-29(14-24)42-19-41-28)7-11-27(26)43-30(20)17-35(3)16-22-5-9-25(40-4)10-6-22/h5-14,20-21,30,37H,15-19H2,1-4H3,(H2,33,34,39)/t20-,21+,30-/m1/s1. The van der Waals surface area contributed by atoms with E-state index in [1.54, 1.807) is 48.4 Å². The first kappa shape index (κ1) is 30.0. The van der Waals surface area contributed by atoms with Crippen LogP contribution in [0.15, 0.2) is 60.7 Å². The largest absolute Gasteiger partial charge is 0.497 e. The second-order valence-corrected chi connectivity index (χ2v) is 11.0. The Hall–Kier alpha value is -4.48. The summed E-state index contributed by atoms with van der Waals surface area (Å²) in [5.41, 5.74) is 2.41. The summed E-state index contributed by atoms with van der Waals surface area (Å²) >= 11 is 0. The average molecular weight is 591 g/mol. The molecule has 43 heavy (non-hydrogen) atoms. The number of nitrogens with one attached hydrogen (secondary N) is 2. The SMILES string of the molecule is COc1ccc(CN(C)C[C@H]2Oc3ccc(NC(=O)Nc4ccc5c(c4)OCO5)cc3C(=O)N([C@@H](C)CO)C[C@H]2C)cc1. The van der Waals surface area contributed by atoms with Gasteiger partial charge in [0.25, 0.3) is 5.91 Å².